The molecule has 0 aliphatic rings. The Hall–Kier alpha value is -0.700. The van der Waals surface area contributed by atoms with Crippen LogP contribution in [0, 0.1) is 6.92 Å². The lowest BCUT2D eigenvalue weighted by molar-refractivity contribution is -0.114. The molecule has 0 atom stereocenters. The summed E-state index contributed by atoms with van der Waals surface area (Å²) in [6, 6.07) is 1.88. The number of carbonyl (C=O) groups excluding carboxylic acids is 1. The van der Waals surface area contributed by atoms with Gasteiger partial charge in [-0.3, -0.25) is 4.79 Å². The van der Waals surface area contributed by atoms with Crippen LogP contribution >= 0.6 is 11.8 Å². The summed E-state index contributed by atoms with van der Waals surface area (Å²) >= 11 is 1.52. The summed E-state index contributed by atoms with van der Waals surface area (Å²) in [5, 5.41) is 0. The highest BCUT2D eigenvalue weighted by Gasteiger charge is 2.02. The maximum Gasteiger partial charge on any atom is 0.140 e. The number of hydrogen-bond donors (Lipinski definition) is 0. The van der Waals surface area contributed by atoms with E-state index in [9.17, 15) is 4.79 Å². The minimum atomic E-state index is 0.190. The van der Waals surface area contributed by atoms with Gasteiger partial charge in [0.15, 0.2) is 0 Å². The summed E-state index contributed by atoms with van der Waals surface area (Å²) in [7, 11) is 0. The molecule has 0 aliphatic heterocycles. The highest BCUT2D eigenvalue weighted by molar-refractivity contribution is 8.00. The number of hydrogen-bond acceptors (Lipinski definition) is 3. The van der Waals surface area contributed by atoms with Gasteiger partial charge in [0.1, 0.15) is 11.5 Å². The van der Waals surface area contributed by atoms with Crippen molar-refractivity contribution in [2.75, 3.05) is 5.75 Å². The van der Waals surface area contributed by atoms with Crippen molar-refractivity contribution in [3.05, 3.63) is 18.1 Å². The van der Waals surface area contributed by atoms with Crippen LogP contribution in [0.1, 0.15) is 12.7 Å². The van der Waals surface area contributed by atoms with Crippen molar-refractivity contribution in [2.45, 2.75) is 18.7 Å². The molecule has 0 fully saturated rings. The van der Waals surface area contributed by atoms with E-state index in [4.69, 9.17) is 4.42 Å². The van der Waals surface area contributed by atoms with Gasteiger partial charge in [0.25, 0.3) is 0 Å². The number of carbonyl (C=O) groups is 1. The summed E-state index contributed by atoms with van der Waals surface area (Å²) in [6.07, 6.45) is 1.64. The molecular weight excluding hydrogens is 160 g/mol. The third-order valence-corrected chi connectivity index (χ3v) is 2.53. The molecule has 0 radical (unpaired) electrons. The normalized spacial score (nSPS) is 10.0. The predicted octanol–water partition coefficient (Wildman–Crippen LogP) is 2.27. The van der Waals surface area contributed by atoms with Gasteiger partial charge in [-0.1, -0.05) is 0 Å². The van der Waals surface area contributed by atoms with Crippen molar-refractivity contribution in [3.63, 3.8) is 0 Å². The molecule has 0 aliphatic carbocycles. The van der Waals surface area contributed by atoms with Crippen molar-refractivity contribution in [1.29, 1.82) is 0 Å². The summed E-state index contributed by atoms with van der Waals surface area (Å²) < 4.78 is 5.06. The van der Waals surface area contributed by atoms with E-state index in [1.54, 1.807) is 13.2 Å². The molecule has 0 saturated carbocycles. The number of furan rings is 1. The van der Waals surface area contributed by atoms with E-state index in [0.717, 1.165) is 10.7 Å². The van der Waals surface area contributed by atoms with E-state index in [1.165, 1.54) is 11.8 Å². The molecule has 60 valence electrons. The predicted molar refractivity (Wildman–Crippen MR) is 44.9 cm³/mol. The van der Waals surface area contributed by atoms with Gasteiger partial charge >= 0.3 is 0 Å². The standard InChI is InChI=1S/C8H10O2S/c1-6(9)5-11-8-3-4-10-7(8)2/h3-4H,5H2,1-2H3. The lowest BCUT2D eigenvalue weighted by atomic mass is 10.5. The van der Waals surface area contributed by atoms with Gasteiger partial charge in [0, 0.05) is 4.90 Å². The van der Waals surface area contributed by atoms with Gasteiger partial charge in [0.05, 0.1) is 12.0 Å². The first-order valence-electron chi connectivity index (χ1n) is 3.36. The van der Waals surface area contributed by atoms with Crippen molar-refractivity contribution in [2.24, 2.45) is 0 Å². The Morgan fingerprint density at radius 3 is 2.91 bits per heavy atom. The summed E-state index contributed by atoms with van der Waals surface area (Å²) in [4.78, 5) is 11.7. The van der Waals surface area contributed by atoms with Gasteiger partial charge < -0.3 is 4.42 Å². The molecule has 1 rings (SSSR count). The Morgan fingerprint density at radius 2 is 2.45 bits per heavy atom. The first kappa shape index (κ1) is 8.40. The van der Waals surface area contributed by atoms with Gasteiger partial charge in [-0.15, -0.1) is 11.8 Å². The Balaban J connectivity index is 2.51. The molecule has 0 aromatic carbocycles. The highest BCUT2D eigenvalue weighted by atomic mass is 32.2. The number of Topliss-reactive ketones (excluding diaryl/α,β-unsaturated/α-hetero) is 1. The SMILES string of the molecule is CC(=O)CSc1ccoc1C. The Bertz CT molecular complexity index is 252. The monoisotopic (exact) mass is 170 g/mol. The van der Waals surface area contributed by atoms with Crippen LogP contribution in [0.2, 0.25) is 0 Å². The van der Waals surface area contributed by atoms with E-state index in [1.807, 2.05) is 13.0 Å². The van der Waals surface area contributed by atoms with Crippen LogP contribution in [0.4, 0.5) is 0 Å². The second-order valence-corrected chi connectivity index (χ2v) is 3.35. The summed E-state index contributed by atoms with van der Waals surface area (Å²) in [6.45, 7) is 3.48. The van der Waals surface area contributed by atoms with Crippen LogP contribution in [0.15, 0.2) is 21.6 Å². The topological polar surface area (TPSA) is 30.2 Å². The van der Waals surface area contributed by atoms with Crippen molar-refractivity contribution in [3.8, 4) is 0 Å². The fourth-order valence-electron chi connectivity index (χ4n) is 0.702. The quantitative estimate of drug-likeness (QED) is 0.652. The first-order valence-corrected chi connectivity index (χ1v) is 4.35. The number of ketones is 1. The fraction of sp³-hybridized carbons (Fsp3) is 0.375. The molecule has 0 amide bonds. The largest absolute Gasteiger partial charge is 0.468 e. The second-order valence-electron chi connectivity index (χ2n) is 2.33. The molecular formula is C8H10O2S. The fourth-order valence-corrected chi connectivity index (χ4v) is 1.46. The zero-order valence-corrected chi connectivity index (χ0v) is 7.40. The minimum Gasteiger partial charge on any atom is -0.468 e. The molecule has 3 heteroatoms. The van der Waals surface area contributed by atoms with Crippen molar-refractivity contribution < 1.29 is 9.21 Å². The summed E-state index contributed by atoms with van der Waals surface area (Å²) in [5.41, 5.74) is 0. The van der Waals surface area contributed by atoms with Crippen LogP contribution in [-0.4, -0.2) is 11.5 Å². The lowest BCUT2D eigenvalue weighted by Gasteiger charge is -1.93. The van der Waals surface area contributed by atoms with E-state index >= 15 is 0 Å². The zero-order valence-electron chi connectivity index (χ0n) is 6.59. The zero-order chi connectivity index (χ0) is 8.27. The van der Waals surface area contributed by atoms with Gasteiger partial charge in [-0.05, 0) is 19.9 Å². The minimum absolute atomic E-state index is 0.190. The summed E-state index contributed by atoms with van der Waals surface area (Å²) in [5.74, 6) is 1.60. The van der Waals surface area contributed by atoms with Gasteiger partial charge in [0.2, 0.25) is 0 Å². The van der Waals surface area contributed by atoms with E-state index in [2.05, 4.69) is 0 Å². The number of thioether (sulfide) groups is 1. The molecule has 1 aromatic heterocycles. The van der Waals surface area contributed by atoms with Gasteiger partial charge in [-0.2, -0.15) is 0 Å². The van der Waals surface area contributed by atoms with E-state index in [0.29, 0.717) is 5.75 Å². The van der Waals surface area contributed by atoms with Gasteiger partial charge in [-0.25, -0.2) is 0 Å². The van der Waals surface area contributed by atoms with Crippen LogP contribution < -0.4 is 0 Å². The van der Waals surface area contributed by atoms with E-state index < -0.39 is 0 Å². The molecule has 1 heterocycles. The Labute approximate surface area is 70.0 Å². The first-order chi connectivity index (χ1) is 5.20. The third kappa shape index (κ3) is 2.42. The van der Waals surface area contributed by atoms with Crippen LogP contribution in [0.3, 0.4) is 0 Å². The van der Waals surface area contributed by atoms with Crippen molar-refractivity contribution in [1.82, 2.24) is 0 Å². The van der Waals surface area contributed by atoms with Crippen LogP contribution in [0.5, 0.6) is 0 Å². The van der Waals surface area contributed by atoms with Crippen LogP contribution in [0.25, 0.3) is 0 Å². The average Bonchev–Trinajstić information content (AvgIpc) is 2.31. The molecule has 0 unspecified atom stereocenters. The number of aryl methyl sites for hydroxylation is 1. The Kier molecular flexibility index (Phi) is 2.76. The lowest BCUT2D eigenvalue weighted by Crippen LogP contribution is -1.92. The molecule has 0 spiro atoms. The molecule has 0 N–H and O–H groups in total. The smallest absolute Gasteiger partial charge is 0.140 e. The molecule has 0 saturated heterocycles. The second kappa shape index (κ2) is 3.62. The molecule has 0 bridgehead atoms. The third-order valence-electron chi connectivity index (χ3n) is 1.24. The molecule has 11 heavy (non-hydrogen) atoms. The average molecular weight is 170 g/mol. The number of rotatable bonds is 3. The Morgan fingerprint density at radius 1 is 1.73 bits per heavy atom. The van der Waals surface area contributed by atoms with E-state index in [-0.39, 0.29) is 5.78 Å². The molecule has 2 nitrogen and oxygen atoms in total. The maximum atomic E-state index is 10.6. The van der Waals surface area contributed by atoms with Crippen molar-refractivity contribution >= 4 is 17.5 Å². The molecule has 1 aromatic rings. The van der Waals surface area contributed by atoms with Crippen LogP contribution in [-0.2, 0) is 4.79 Å². The highest BCUT2D eigenvalue weighted by Crippen LogP contribution is 2.22. The maximum absolute atomic E-state index is 10.6.